The van der Waals surface area contributed by atoms with Crippen LogP contribution in [0.3, 0.4) is 0 Å². The number of aliphatic hydroxyl groups is 1. The summed E-state index contributed by atoms with van der Waals surface area (Å²) in [6.45, 7) is 12.1. The Morgan fingerprint density at radius 2 is 1.85 bits per heavy atom. The quantitative estimate of drug-likeness (QED) is 0.832. The molecule has 0 aliphatic carbocycles. The minimum Gasteiger partial charge on any atom is -0.392 e. The van der Waals surface area contributed by atoms with Gasteiger partial charge in [-0.05, 0) is 33.4 Å². The number of aliphatic hydroxyl groups excluding tert-OH is 1. The average Bonchev–Trinajstić information content (AvgIpc) is 2.58. The number of aryl methyl sites for hydroxylation is 1. The highest BCUT2D eigenvalue weighted by molar-refractivity contribution is 5.43. The van der Waals surface area contributed by atoms with Gasteiger partial charge in [-0.25, -0.2) is 9.97 Å². The first kappa shape index (κ1) is 18.1. The lowest BCUT2D eigenvalue weighted by molar-refractivity contribution is -0.127. The summed E-state index contributed by atoms with van der Waals surface area (Å²) < 4.78 is 0. The standard InChI is InChI=1S/C20H33N5O/c1-14-22-16(15-6-5-7-21-9-15)8-17(23-14)25-12-19(2)10-24(4)11-20(3,13-25)18(19)26/h8,15,18,21,26H,5-7,9-13H2,1-4H3/t15-,19-,20-/m0/s1. The van der Waals surface area contributed by atoms with Gasteiger partial charge >= 0.3 is 0 Å². The van der Waals surface area contributed by atoms with Crippen LogP contribution in [-0.4, -0.2) is 72.4 Å². The summed E-state index contributed by atoms with van der Waals surface area (Å²) in [6.07, 6.45) is 2.14. The van der Waals surface area contributed by atoms with Gasteiger partial charge < -0.3 is 20.2 Å². The number of hydrogen-bond acceptors (Lipinski definition) is 6. The van der Waals surface area contributed by atoms with E-state index >= 15 is 0 Å². The minimum absolute atomic E-state index is 0.134. The molecule has 3 atom stereocenters. The average molecular weight is 360 g/mol. The number of rotatable bonds is 2. The van der Waals surface area contributed by atoms with Crippen molar-refractivity contribution in [1.29, 1.82) is 0 Å². The van der Waals surface area contributed by atoms with Crippen molar-refractivity contribution >= 4 is 5.82 Å². The number of anilines is 1. The molecule has 144 valence electrons. The van der Waals surface area contributed by atoms with Gasteiger partial charge in [0.1, 0.15) is 11.6 Å². The Morgan fingerprint density at radius 3 is 2.46 bits per heavy atom. The third-order valence-electron chi connectivity index (χ3n) is 6.57. The summed E-state index contributed by atoms with van der Waals surface area (Å²) in [7, 11) is 2.17. The number of aromatic nitrogens is 2. The SMILES string of the molecule is Cc1nc([C@H]2CCCNC2)cc(N2C[C@]3(C)CN(C)C[C@@](C)(C2)C3O)n1. The molecule has 2 bridgehead atoms. The first-order valence-corrected chi connectivity index (χ1v) is 9.97. The molecule has 6 nitrogen and oxygen atoms in total. The Bertz CT molecular complexity index is 654. The van der Waals surface area contributed by atoms with Crippen LogP contribution in [0.5, 0.6) is 0 Å². The van der Waals surface area contributed by atoms with Crippen LogP contribution in [0.2, 0.25) is 0 Å². The summed E-state index contributed by atoms with van der Waals surface area (Å²) in [6, 6.07) is 2.20. The second-order valence-electron chi connectivity index (χ2n) is 9.48. The summed E-state index contributed by atoms with van der Waals surface area (Å²) in [4.78, 5) is 14.3. The fourth-order valence-corrected chi connectivity index (χ4v) is 5.72. The molecule has 0 unspecified atom stereocenters. The van der Waals surface area contributed by atoms with Crippen LogP contribution in [0, 0.1) is 17.8 Å². The maximum atomic E-state index is 11.0. The van der Waals surface area contributed by atoms with E-state index in [1.54, 1.807) is 0 Å². The van der Waals surface area contributed by atoms with Crippen molar-refractivity contribution in [3.05, 3.63) is 17.6 Å². The maximum absolute atomic E-state index is 11.0. The number of nitrogens with zero attached hydrogens (tertiary/aromatic N) is 4. The Labute approximate surface area is 157 Å². The van der Waals surface area contributed by atoms with Crippen molar-refractivity contribution in [3.63, 3.8) is 0 Å². The topological polar surface area (TPSA) is 64.5 Å². The molecule has 3 saturated heterocycles. The number of likely N-dealkylation sites (tertiary alicyclic amines) is 1. The Kier molecular flexibility index (Phi) is 4.48. The van der Waals surface area contributed by atoms with Crippen LogP contribution >= 0.6 is 0 Å². The summed E-state index contributed by atoms with van der Waals surface area (Å²) >= 11 is 0. The molecule has 3 fully saturated rings. The van der Waals surface area contributed by atoms with Gasteiger partial charge in [-0.2, -0.15) is 0 Å². The molecule has 0 spiro atoms. The smallest absolute Gasteiger partial charge is 0.132 e. The molecule has 0 saturated carbocycles. The van der Waals surface area contributed by atoms with Gasteiger partial charge in [-0.15, -0.1) is 0 Å². The number of piperidine rings is 3. The molecule has 26 heavy (non-hydrogen) atoms. The lowest BCUT2D eigenvalue weighted by atomic mass is 9.63. The summed E-state index contributed by atoms with van der Waals surface area (Å²) in [5.41, 5.74) is 0.903. The Hall–Kier alpha value is -1.24. The molecule has 4 rings (SSSR count). The molecule has 0 amide bonds. The van der Waals surface area contributed by atoms with Crippen LogP contribution in [0.1, 0.15) is 44.1 Å². The van der Waals surface area contributed by atoms with Crippen molar-refractivity contribution < 1.29 is 5.11 Å². The molecule has 4 heterocycles. The van der Waals surface area contributed by atoms with E-state index in [9.17, 15) is 5.11 Å². The predicted molar refractivity (Wildman–Crippen MR) is 104 cm³/mol. The molecule has 0 aromatic carbocycles. The monoisotopic (exact) mass is 359 g/mol. The van der Waals surface area contributed by atoms with Crippen LogP contribution in [-0.2, 0) is 0 Å². The first-order valence-electron chi connectivity index (χ1n) is 9.97. The zero-order chi connectivity index (χ0) is 18.5. The largest absolute Gasteiger partial charge is 0.392 e. The van der Waals surface area contributed by atoms with E-state index in [0.29, 0.717) is 5.92 Å². The highest BCUT2D eigenvalue weighted by atomic mass is 16.3. The van der Waals surface area contributed by atoms with E-state index in [-0.39, 0.29) is 16.9 Å². The lowest BCUT2D eigenvalue weighted by Gasteiger charge is -2.59. The van der Waals surface area contributed by atoms with Crippen LogP contribution in [0.15, 0.2) is 6.07 Å². The van der Waals surface area contributed by atoms with Gasteiger partial charge in [0.05, 0.1) is 11.8 Å². The van der Waals surface area contributed by atoms with Gasteiger partial charge in [0.15, 0.2) is 0 Å². The molecular weight excluding hydrogens is 326 g/mol. The molecule has 3 aliphatic rings. The van der Waals surface area contributed by atoms with E-state index in [0.717, 1.165) is 50.9 Å². The molecule has 0 radical (unpaired) electrons. The molecule has 1 aromatic rings. The van der Waals surface area contributed by atoms with Crippen molar-refractivity contribution in [2.75, 3.05) is 51.2 Å². The van der Waals surface area contributed by atoms with Crippen LogP contribution in [0.4, 0.5) is 5.82 Å². The fourth-order valence-electron chi connectivity index (χ4n) is 5.72. The van der Waals surface area contributed by atoms with E-state index in [4.69, 9.17) is 9.97 Å². The number of fused-ring (bicyclic) bond motifs is 2. The van der Waals surface area contributed by atoms with E-state index in [1.165, 1.54) is 18.5 Å². The van der Waals surface area contributed by atoms with E-state index < -0.39 is 0 Å². The van der Waals surface area contributed by atoms with E-state index in [1.807, 2.05) is 6.92 Å². The maximum Gasteiger partial charge on any atom is 0.132 e. The third-order valence-corrected chi connectivity index (χ3v) is 6.57. The molecular formula is C20H33N5O. The van der Waals surface area contributed by atoms with E-state index in [2.05, 4.69) is 42.1 Å². The normalized spacial score (nSPS) is 38.4. The third kappa shape index (κ3) is 3.12. The molecule has 6 heteroatoms. The lowest BCUT2D eigenvalue weighted by Crippen LogP contribution is -2.69. The second kappa shape index (κ2) is 6.43. The fraction of sp³-hybridized carbons (Fsp3) is 0.800. The predicted octanol–water partition coefficient (Wildman–Crippen LogP) is 1.39. The summed E-state index contributed by atoms with van der Waals surface area (Å²) in [5.74, 6) is 2.37. The zero-order valence-electron chi connectivity index (χ0n) is 16.6. The zero-order valence-corrected chi connectivity index (χ0v) is 16.6. The highest BCUT2D eigenvalue weighted by Gasteiger charge is 2.55. The van der Waals surface area contributed by atoms with Gasteiger partial charge in [0, 0.05) is 55.5 Å². The Morgan fingerprint density at radius 1 is 1.15 bits per heavy atom. The Balaban J connectivity index is 1.64. The number of nitrogens with one attached hydrogen (secondary N) is 1. The molecule has 3 aliphatic heterocycles. The minimum atomic E-state index is -0.271. The van der Waals surface area contributed by atoms with Crippen LogP contribution in [0.25, 0.3) is 0 Å². The van der Waals surface area contributed by atoms with Crippen molar-refractivity contribution in [1.82, 2.24) is 20.2 Å². The highest BCUT2D eigenvalue weighted by Crippen LogP contribution is 2.46. The van der Waals surface area contributed by atoms with Gasteiger partial charge in [-0.1, -0.05) is 13.8 Å². The van der Waals surface area contributed by atoms with Crippen molar-refractivity contribution in [2.24, 2.45) is 10.8 Å². The summed E-state index contributed by atoms with van der Waals surface area (Å²) in [5, 5.41) is 14.5. The second-order valence-corrected chi connectivity index (χ2v) is 9.48. The van der Waals surface area contributed by atoms with Crippen molar-refractivity contribution in [3.8, 4) is 0 Å². The molecule has 1 aromatic heterocycles. The van der Waals surface area contributed by atoms with Gasteiger partial charge in [0.2, 0.25) is 0 Å². The van der Waals surface area contributed by atoms with Gasteiger partial charge in [0.25, 0.3) is 0 Å². The van der Waals surface area contributed by atoms with Gasteiger partial charge in [-0.3, -0.25) is 0 Å². The van der Waals surface area contributed by atoms with Crippen molar-refractivity contribution in [2.45, 2.75) is 45.6 Å². The van der Waals surface area contributed by atoms with Crippen LogP contribution < -0.4 is 10.2 Å². The first-order chi connectivity index (χ1) is 12.3. The number of hydrogen-bond donors (Lipinski definition) is 2. The molecule has 2 N–H and O–H groups in total.